The van der Waals surface area contributed by atoms with Crippen molar-refractivity contribution in [3.63, 3.8) is 0 Å². The quantitative estimate of drug-likeness (QED) is 0.801. The Balaban J connectivity index is 2.17. The van der Waals surface area contributed by atoms with Crippen LogP contribution in [0.5, 0.6) is 0 Å². The number of aromatic nitrogens is 2. The van der Waals surface area contributed by atoms with Crippen LogP contribution in [0.25, 0.3) is 5.57 Å². The first-order valence-corrected chi connectivity index (χ1v) is 7.29. The molecule has 0 saturated heterocycles. The van der Waals surface area contributed by atoms with E-state index in [1.165, 1.54) is 6.39 Å². The van der Waals surface area contributed by atoms with Crippen molar-refractivity contribution in [1.82, 2.24) is 10.2 Å². The first kappa shape index (κ1) is 14.3. The van der Waals surface area contributed by atoms with Crippen LogP contribution < -0.4 is 0 Å². The van der Waals surface area contributed by atoms with Crippen LogP contribution in [0, 0.1) is 0 Å². The van der Waals surface area contributed by atoms with Crippen molar-refractivity contribution in [2.24, 2.45) is 4.99 Å². The summed E-state index contributed by atoms with van der Waals surface area (Å²) in [4.78, 5) is 4.54. The summed E-state index contributed by atoms with van der Waals surface area (Å²) >= 11 is 12.5. The summed E-state index contributed by atoms with van der Waals surface area (Å²) in [5.74, 6) is 0.485. The van der Waals surface area contributed by atoms with Crippen molar-refractivity contribution in [2.45, 2.75) is 26.2 Å². The first-order valence-electron chi connectivity index (χ1n) is 6.53. The van der Waals surface area contributed by atoms with Crippen LogP contribution in [-0.2, 0) is 0 Å². The second-order valence-electron chi connectivity index (χ2n) is 4.99. The standard InChI is InChI=1S/C15H13Cl2N3O/c1-8-6-11(10-4-3-5-12(16)14(10)17)13(9(2)19-8)15-20-18-7-21-15/h3-5,7,11H,6H2,1-2H3. The van der Waals surface area contributed by atoms with E-state index < -0.39 is 0 Å². The third-order valence-electron chi connectivity index (χ3n) is 3.54. The summed E-state index contributed by atoms with van der Waals surface area (Å²) < 4.78 is 5.38. The summed E-state index contributed by atoms with van der Waals surface area (Å²) in [7, 11) is 0. The highest BCUT2D eigenvalue weighted by Gasteiger charge is 2.30. The summed E-state index contributed by atoms with van der Waals surface area (Å²) in [5, 5.41) is 8.88. The van der Waals surface area contributed by atoms with Gasteiger partial charge in [0.25, 0.3) is 0 Å². The van der Waals surface area contributed by atoms with Gasteiger partial charge in [-0.05, 0) is 31.9 Å². The smallest absolute Gasteiger partial charge is 0.245 e. The Hall–Kier alpha value is -1.65. The summed E-state index contributed by atoms with van der Waals surface area (Å²) in [6.45, 7) is 3.94. The number of allylic oxidation sites excluding steroid dienone is 2. The van der Waals surface area contributed by atoms with E-state index in [0.29, 0.717) is 15.9 Å². The van der Waals surface area contributed by atoms with Gasteiger partial charge in [-0.15, -0.1) is 10.2 Å². The normalized spacial score (nSPS) is 18.9. The number of halogens is 2. The predicted molar refractivity (Wildman–Crippen MR) is 83.8 cm³/mol. The highest BCUT2D eigenvalue weighted by molar-refractivity contribution is 6.42. The minimum Gasteiger partial charge on any atom is -0.424 e. The molecule has 6 heteroatoms. The molecule has 3 rings (SSSR count). The molecule has 2 heterocycles. The second kappa shape index (κ2) is 5.62. The molecule has 21 heavy (non-hydrogen) atoms. The van der Waals surface area contributed by atoms with Gasteiger partial charge in [0.15, 0.2) is 0 Å². The van der Waals surface area contributed by atoms with Gasteiger partial charge in [-0.25, -0.2) is 0 Å². The number of nitrogens with zero attached hydrogens (tertiary/aromatic N) is 3. The highest BCUT2D eigenvalue weighted by atomic mass is 35.5. The van der Waals surface area contributed by atoms with Crippen LogP contribution in [0.2, 0.25) is 10.0 Å². The van der Waals surface area contributed by atoms with Gasteiger partial charge in [0.05, 0.1) is 10.0 Å². The molecular weight excluding hydrogens is 309 g/mol. The second-order valence-corrected chi connectivity index (χ2v) is 5.77. The van der Waals surface area contributed by atoms with Gasteiger partial charge in [-0.1, -0.05) is 35.3 Å². The molecule has 108 valence electrons. The van der Waals surface area contributed by atoms with Crippen LogP contribution >= 0.6 is 23.2 Å². The van der Waals surface area contributed by atoms with Crippen molar-refractivity contribution in [3.8, 4) is 0 Å². The minimum absolute atomic E-state index is 0.00847. The molecule has 4 nitrogen and oxygen atoms in total. The lowest BCUT2D eigenvalue weighted by molar-refractivity contribution is 0.531. The molecule has 1 unspecified atom stereocenters. The molecule has 2 aromatic rings. The van der Waals surface area contributed by atoms with E-state index in [4.69, 9.17) is 27.6 Å². The minimum atomic E-state index is 0.00847. The maximum absolute atomic E-state index is 6.39. The zero-order chi connectivity index (χ0) is 15.0. The third-order valence-corrected chi connectivity index (χ3v) is 4.38. The fraction of sp³-hybridized carbons (Fsp3) is 0.267. The third kappa shape index (κ3) is 2.61. The highest BCUT2D eigenvalue weighted by Crippen LogP contribution is 2.43. The average molecular weight is 322 g/mol. The van der Waals surface area contributed by atoms with E-state index >= 15 is 0 Å². The van der Waals surface area contributed by atoms with Crippen LogP contribution in [0.1, 0.15) is 37.6 Å². The molecule has 0 fully saturated rings. The Bertz CT molecular complexity index is 735. The Kier molecular flexibility index (Phi) is 3.83. The maximum atomic E-state index is 6.39. The molecule has 0 aliphatic carbocycles. The Morgan fingerprint density at radius 1 is 1.24 bits per heavy atom. The van der Waals surface area contributed by atoms with Gasteiger partial charge in [0.1, 0.15) is 0 Å². The Morgan fingerprint density at radius 3 is 2.76 bits per heavy atom. The number of hydrogen-bond donors (Lipinski definition) is 0. The number of benzene rings is 1. The largest absolute Gasteiger partial charge is 0.424 e. The van der Waals surface area contributed by atoms with Crippen molar-refractivity contribution in [3.05, 3.63) is 51.8 Å². The van der Waals surface area contributed by atoms with Crippen molar-refractivity contribution < 1.29 is 4.42 Å². The zero-order valence-corrected chi connectivity index (χ0v) is 13.1. The van der Waals surface area contributed by atoms with Crippen LogP contribution in [0.3, 0.4) is 0 Å². The summed E-state index contributed by atoms with van der Waals surface area (Å²) in [6, 6.07) is 5.65. The fourth-order valence-electron chi connectivity index (χ4n) is 2.69. The van der Waals surface area contributed by atoms with Gasteiger partial charge in [0.2, 0.25) is 12.3 Å². The van der Waals surface area contributed by atoms with E-state index in [2.05, 4.69) is 15.2 Å². The fourth-order valence-corrected chi connectivity index (χ4v) is 3.13. The predicted octanol–water partition coefficient (Wildman–Crippen LogP) is 4.76. The van der Waals surface area contributed by atoms with Gasteiger partial charge in [-0.3, -0.25) is 4.99 Å². The molecule has 0 spiro atoms. The van der Waals surface area contributed by atoms with E-state index in [-0.39, 0.29) is 5.92 Å². The van der Waals surface area contributed by atoms with E-state index in [0.717, 1.165) is 29.0 Å². The lowest BCUT2D eigenvalue weighted by Crippen LogP contribution is -2.14. The lowest BCUT2D eigenvalue weighted by Gasteiger charge is -2.25. The molecule has 0 amide bonds. The molecule has 1 aliphatic rings. The molecule has 1 aromatic carbocycles. The van der Waals surface area contributed by atoms with E-state index in [1.807, 2.05) is 26.0 Å². The average Bonchev–Trinajstić information content (AvgIpc) is 2.94. The van der Waals surface area contributed by atoms with Crippen LogP contribution in [0.15, 0.2) is 39.7 Å². The van der Waals surface area contributed by atoms with Gasteiger partial charge >= 0.3 is 0 Å². The number of hydrogen-bond acceptors (Lipinski definition) is 4. The molecule has 0 N–H and O–H groups in total. The van der Waals surface area contributed by atoms with Crippen molar-refractivity contribution >= 4 is 34.5 Å². The van der Waals surface area contributed by atoms with E-state index in [1.54, 1.807) is 6.07 Å². The number of aliphatic imine (C=N–C) groups is 1. The molecule has 1 aromatic heterocycles. The molecule has 0 bridgehead atoms. The molecule has 0 saturated carbocycles. The van der Waals surface area contributed by atoms with Gasteiger partial charge in [0, 0.05) is 22.9 Å². The Morgan fingerprint density at radius 2 is 2.05 bits per heavy atom. The van der Waals surface area contributed by atoms with Crippen LogP contribution in [-0.4, -0.2) is 15.9 Å². The number of rotatable bonds is 2. The molecule has 0 radical (unpaired) electrons. The SMILES string of the molecule is CC1=NC(C)=C(c2nnco2)C(c2cccc(Cl)c2Cl)C1. The lowest BCUT2D eigenvalue weighted by atomic mass is 9.84. The topological polar surface area (TPSA) is 51.3 Å². The zero-order valence-electron chi connectivity index (χ0n) is 11.6. The van der Waals surface area contributed by atoms with Gasteiger partial charge in [-0.2, -0.15) is 0 Å². The van der Waals surface area contributed by atoms with Crippen molar-refractivity contribution in [1.29, 1.82) is 0 Å². The maximum Gasteiger partial charge on any atom is 0.245 e. The monoisotopic (exact) mass is 321 g/mol. The van der Waals surface area contributed by atoms with Gasteiger partial charge < -0.3 is 4.42 Å². The first-order chi connectivity index (χ1) is 10.1. The Labute approximate surface area is 132 Å². The van der Waals surface area contributed by atoms with Crippen molar-refractivity contribution in [2.75, 3.05) is 0 Å². The molecular formula is C15H13Cl2N3O. The summed E-state index contributed by atoms with van der Waals surface area (Å²) in [5.41, 5.74) is 3.76. The summed E-state index contributed by atoms with van der Waals surface area (Å²) in [6.07, 6.45) is 2.06. The molecule has 1 aliphatic heterocycles. The van der Waals surface area contributed by atoms with Crippen LogP contribution in [0.4, 0.5) is 0 Å². The molecule has 1 atom stereocenters. The van der Waals surface area contributed by atoms with E-state index in [9.17, 15) is 0 Å².